The second-order valence-electron chi connectivity index (χ2n) is 5.82. The number of hydrogen-bond acceptors (Lipinski definition) is 1. The predicted molar refractivity (Wildman–Crippen MR) is 77.3 cm³/mol. The van der Waals surface area contributed by atoms with E-state index >= 15 is 0 Å². The summed E-state index contributed by atoms with van der Waals surface area (Å²) in [5.74, 6) is 1.96. The first-order valence-electron chi connectivity index (χ1n) is 8.06. The van der Waals surface area contributed by atoms with Crippen LogP contribution in [-0.4, -0.2) is 12.6 Å². The fourth-order valence-electron chi connectivity index (χ4n) is 3.49. The molecule has 1 aliphatic carbocycles. The lowest BCUT2D eigenvalue weighted by Crippen LogP contribution is -2.41. The van der Waals surface area contributed by atoms with Gasteiger partial charge in [-0.05, 0) is 37.6 Å². The molecule has 0 aromatic heterocycles. The summed E-state index contributed by atoms with van der Waals surface area (Å²) in [6.45, 7) is 8.19. The third-order valence-corrected chi connectivity index (χ3v) is 4.53. The summed E-state index contributed by atoms with van der Waals surface area (Å²) in [6, 6.07) is 0.806. The highest BCUT2D eigenvalue weighted by Gasteiger charge is 2.29. The van der Waals surface area contributed by atoms with E-state index in [1.54, 1.807) is 0 Å². The van der Waals surface area contributed by atoms with E-state index in [1.165, 1.54) is 64.3 Å². The topological polar surface area (TPSA) is 12.0 Å². The van der Waals surface area contributed by atoms with E-state index in [-0.39, 0.29) is 0 Å². The lowest BCUT2D eigenvalue weighted by atomic mass is 9.73. The van der Waals surface area contributed by atoms with Gasteiger partial charge in [-0.3, -0.25) is 0 Å². The molecule has 1 heteroatoms. The van der Waals surface area contributed by atoms with E-state index in [0.717, 1.165) is 17.9 Å². The Hall–Kier alpha value is -0.0400. The first-order chi connectivity index (χ1) is 8.33. The molecule has 0 aromatic carbocycles. The average molecular weight is 239 g/mol. The van der Waals surface area contributed by atoms with Crippen LogP contribution in [0.2, 0.25) is 0 Å². The Bertz CT molecular complexity index is 170. The van der Waals surface area contributed by atoms with Crippen LogP contribution in [0, 0.1) is 11.8 Å². The maximum Gasteiger partial charge on any atom is 0.00979 e. The molecule has 0 radical (unpaired) electrons. The zero-order valence-corrected chi connectivity index (χ0v) is 12.3. The van der Waals surface area contributed by atoms with Gasteiger partial charge < -0.3 is 5.32 Å². The monoisotopic (exact) mass is 239 g/mol. The molecule has 1 rings (SSSR count). The van der Waals surface area contributed by atoms with Crippen LogP contribution >= 0.6 is 0 Å². The number of rotatable bonds is 8. The van der Waals surface area contributed by atoms with Crippen molar-refractivity contribution in [3.63, 3.8) is 0 Å². The van der Waals surface area contributed by atoms with Gasteiger partial charge in [0.2, 0.25) is 0 Å². The maximum absolute atomic E-state index is 3.84. The standard InChI is InChI=1S/C16H33N/c1-4-7-12-16(17-13-5-2)15-11-9-8-10-14(15)6-3/h14-17H,4-13H2,1-3H3. The number of unbranched alkanes of at least 4 members (excludes halogenated alkanes) is 1. The second-order valence-corrected chi connectivity index (χ2v) is 5.82. The van der Waals surface area contributed by atoms with Crippen molar-refractivity contribution >= 4 is 0 Å². The van der Waals surface area contributed by atoms with E-state index in [0.29, 0.717) is 0 Å². The van der Waals surface area contributed by atoms with Crippen molar-refractivity contribution in [3.05, 3.63) is 0 Å². The molecule has 0 bridgehead atoms. The summed E-state index contributed by atoms with van der Waals surface area (Å²) >= 11 is 0. The zero-order valence-electron chi connectivity index (χ0n) is 12.3. The van der Waals surface area contributed by atoms with E-state index in [2.05, 4.69) is 26.1 Å². The fraction of sp³-hybridized carbons (Fsp3) is 1.00. The Morgan fingerprint density at radius 3 is 2.47 bits per heavy atom. The van der Waals surface area contributed by atoms with Crippen molar-refractivity contribution in [2.24, 2.45) is 11.8 Å². The van der Waals surface area contributed by atoms with Crippen LogP contribution in [-0.2, 0) is 0 Å². The van der Waals surface area contributed by atoms with Crippen molar-refractivity contribution in [2.75, 3.05) is 6.54 Å². The molecule has 0 aliphatic heterocycles. The molecule has 0 spiro atoms. The Kier molecular flexibility index (Phi) is 7.92. The SMILES string of the molecule is CCCCC(NCCC)C1CCCCC1CC. The molecule has 0 amide bonds. The van der Waals surface area contributed by atoms with Gasteiger partial charge in [-0.1, -0.05) is 59.3 Å². The molecule has 1 aliphatic rings. The van der Waals surface area contributed by atoms with Gasteiger partial charge in [0.15, 0.2) is 0 Å². The summed E-state index contributed by atoms with van der Waals surface area (Å²) in [4.78, 5) is 0. The van der Waals surface area contributed by atoms with Crippen LogP contribution in [0.15, 0.2) is 0 Å². The number of hydrogen-bond donors (Lipinski definition) is 1. The molecule has 1 N–H and O–H groups in total. The molecule has 1 nitrogen and oxygen atoms in total. The smallest absolute Gasteiger partial charge is 0.00979 e. The van der Waals surface area contributed by atoms with Gasteiger partial charge >= 0.3 is 0 Å². The van der Waals surface area contributed by atoms with Crippen molar-refractivity contribution in [1.29, 1.82) is 0 Å². The highest BCUT2D eigenvalue weighted by atomic mass is 14.9. The third kappa shape index (κ3) is 4.99. The fourth-order valence-corrected chi connectivity index (χ4v) is 3.49. The molecular weight excluding hydrogens is 206 g/mol. The summed E-state index contributed by atoms with van der Waals surface area (Å²) in [7, 11) is 0. The van der Waals surface area contributed by atoms with Gasteiger partial charge in [0.25, 0.3) is 0 Å². The Labute approximate surface area is 109 Å². The molecule has 0 heterocycles. The molecule has 0 aromatic rings. The minimum absolute atomic E-state index is 0.806. The van der Waals surface area contributed by atoms with Gasteiger partial charge in [0, 0.05) is 6.04 Å². The van der Waals surface area contributed by atoms with Crippen molar-refractivity contribution in [3.8, 4) is 0 Å². The van der Waals surface area contributed by atoms with E-state index < -0.39 is 0 Å². The Morgan fingerprint density at radius 2 is 1.82 bits per heavy atom. The number of nitrogens with one attached hydrogen (secondary N) is 1. The predicted octanol–water partition coefficient (Wildman–Crippen LogP) is 4.76. The normalized spacial score (nSPS) is 27.0. The van der Waals surface area contributed by atoms with Crippen LogP contribution in [0.3, 0.4) is 0 Å². The summed E-state index contributed by atoms with van der Waals surface area (Å²) in [5.41, 5.74) is 0. The van der Waals surface area contributed by atoms with Crippen molar-refractivity contribution in [1.82, 2.24) is 5.32 Å². The molecular formula is C16H33N. The lowest BCUT2D eigenvalue weighted by Gasteiger charge is -2.37. The molecule has 1 saturated carbocycles. The van der Waals surface area contributed by atoms with Crippen LogP contribution in [0.5, 0.6) is 0 Å². The maximum atomic E-state index is 3.84. The van der Waals surface area contributed by atoms with Gasteiger partial charge in [-0.2, -0.15) is 0 Å². The second kappa shape index (κ2) is 8.97. The van der Waals surface area contributed by atoms with E-state index in [1.807, 2.05) is 0 Å². The molecule has 0 saturated heterocycles. The van der Waals surface area contributed by atoms with E-state index in [9.17, 15) is 0 Å². The Balaban J connectivity index is 2.51. The molecule has 3 atom stereocenters. The minimum atomic E-state index is 0.806. The van der Waals surface area contributed by atoms with Gasteiger partial charge in [-0.25, -0.2) is 0 Å². The molecule has 3 unspecified atom stereocenters. The van der Waals surface area contributed by atoms with E-state index in [4.69, 9.17) is 0 Å². The average Bonchev–Trinajstić information content (AvgIpc) is 2.39. The molecule has 17 heavy (non-hydrogen) atoms. The highest BCUT2D eigenvalue weighted by Crippen LogP contribution is 2.35. The molecule has 102 valence electrons. The summed E-state index contributed by atoms with van der Waals surface area (Å²) in [5, 5.41) is 3.84. The van der Waals surface area contributed by atoms with Gasteiger partial charge in [0.1, 0.15) is 0 Å². The largest absolute Gasteiger partial charge is 0.314 e. The first-order valence-corrected chi connectivity index (χ1v) is 8.06. The van der Waals surface area contributed by atoms with Crippen LogP contribution < -0.4 is 5.32 Å². The summed E-state index contributed by atoms with van der Waals surface area (Å²) in [6.07, 6.45) is 12.7. The van der Waals surface area contributed by atoms with Crippen LogP contribution in [0.4, 0.5) is 0 Å². The third-order valence-electron chi connectivity index (χ3n) is 4.53. The lowest BCUT2D eigenvalue weighted by molar-refractivity contribution is 0.167. The molecule has 1 fully saturated rings. The first kappa shape index (κ1) is 15.0. The van der Waals surface area contributed by atoms with Crippen LogP contribution in [0.1, 0.15) is 78.6 Å². The summed E-state index contributed by atoms with van der Waals surface area (Å²) < 4.78 is 0. The van der Waals surface area contributed by atoms with Crippen molar-refractivity contribution < 1.29 is 0 Å². The van der Waals surface area contributed by atoms with Gasteiger partial charge in [-0.15, -0.1) is 0 Å². The van der Waals surface area contributed by atoms with Crippen LogP contribution in [0.25, 0.3) is 0 Å². The highest BCUT2D eigenvalue weighted by molar-refractivity contribution is 4.84. The Morgan fingerprint density at radius 1 is 1.06 bits per heavy atom. The van der Waals surface area contributed by atoms with Crippen molar-refractivity contribution in [2.45, 2.75) is 84.6 Å². The minimum Gasteiger partial charge on any atom is -0.314 e. The zero-order chi connectivity index (χ0) is 12.5. The van der Waals surface area contributed by atoms with Gasteiger partial charge in [0.05, 0.1) is 0 Å². The quantitative estimate of drug-likeness (QED) is 0.644.